The summed E-state index contributed by atoms with van der Waals surface area (Å²) in [5.74, 6) is -1.75. The van der Waals surface area contributed by atoms with Gasteiger partial charge in [0.25, 0.3) is 0 Å². The monoisotopic (exact) mass is 751 g/mol. The van der Waals surface area contributed by atoms with E-state index in [-0.39, 0.29) is 19.8 Å². The molecule has 0 aliphatic carbocycles. The Morgan fingerprint density at radius 2 is 1.34 bits per heavy atom. The Bertz CT molecular complexity index is 1500. The molecule has 50 heavy (non-hydrogen) atoms. The van der Waals surface area contributed by atoms with Crippen molar-refractivity contribution in [1.29, 1.82) is 0 Å². The first-order chi connectivity index (χ1) is 24.0. The van der Waals surface area contributed by atoms with Crippen LogP contribution in [0, 0.1) is 0 Å². The number of esters is 1. The zero-order valence-electron chi connectivity index (χ0n) is 27.6. The third kappa shape index (κ3) is 11.8. The van der Waals surface area contributed by atoms with Gasteiger partial charge in [0.2, 0.25) is 3.79 Å². The molecule has 1 N–H and O–H groups in total. The number of hydrogen-bond donors (Lipinski definition) is 1. The highest BCUT2D eigenvalue weighted by Crippen LogP contribution is 2.39. The summed E-state index contributed by atoms with van der Waals surface area (Å²) in [5, 5.41) is 2.45. The van der Waals surface area contributed by atoms with E-state index in [1.54, 1.807) is 12.1 Å². The topological polar surface area (TPSA) is 120 Å². The van der Waals surface area contributed by atoms with Crippen LogP contribution >= 0.6 is 34.8 Å². The van der Waals surface area contributed by atoms with Crippen LogP contribution in [0.2, 0.25) is 0 Å². The van der Waals surface area contributed by atoms with Gasteiger partial charge in [-0.15, -0.1) is 0 Å². The molecule has 3 aromatic carbocycles. The zero-order valence-corrected chi connectivity index (χ0v) is 29.9. The largest absolute Gasteiger partial charge is 0.459 e. The molecule has 2 heterocycles. The summed E-state index contributed by atoms with van der Waals surface area (Å²) < 4.78 is 46.5. The molecule has 0 saturated carbocycles. The summed E-state index contributed by atoms with van der Waals surface area (Å²) >= 11 is 17.2. The number of nitrogens with one attached hydrogen (secondary N) is 1. The van der Waals surface area contributed by atoms with E-state index >= 15 is 0 Å². The van der Waals surface area contributed by atoms with Crippen molar-refractivity contribution in [2.75, 3.05) is 19.8 Å². The van der Waals surface area contributed by atoms with Gasteiger partial charge in [0.05, 0.1) is 26.4 Å². The Morgan fingerprint density at radius 1 is 0.780 bits per heavy atom. The summed E-state index contributed by atoms with van der Waals surface area (Å²) in [6.45, 7) is 3.31. The SMILES string of the molecule is CC1(C)O[C@H]2[C@@H](O1)[C@@H](COCc1ccccc1)O[C@@H](OC[C@H](NC(=O)OCC(Cl)(Cl)Cl)C(=O)OCc1ccccc1)[C@@H]2OCc1ccccc1. The van der Waals surface area contributed by atoms with Crippen molar-refractivity contribution >= 4 is 46.9 Å². The third-order valence-corrected chi connectivity index (χ3v) is 8.03. The van der Waals surface area contributed by atoms with Gasteiger partial charge in [-0.2, -0.15) is 0 Å². The van der Waals surface area contributed by atoms with Gasteiger partial charge in [-0.05, 0) is 30.5 Å². The number of carbonyl (C=O) groups excluding carboxylic acids is 2. The molecule has 11 nitrogen and oxygen atoms in total. The van der Waals surface area contributed by atoms with Crippen LogP contribution in [0.4, 0.5) is 4.79 Å². The number of amides is 1. The first-order valence-electron chi connectivity index (χ1n) is 16.1. The van der Waals surface area contributed by atoms with Crippen LogP contribution in [0.25, 0.3) is 0 Å². The molecular weight excluding hydrogens is 713 g/mol. The number of halogens is 3. The van der Waals surface area contributed by atoms with Crippen molar-refractivity contribution in [3.05, 3.63) is 108 Å². The summed E-state index contributed by atoms with van der Waals surface area (Å²) in [4.78, 5) is 26.0. The summed E-state index contributed by atoms with van der Waals surface area (Å²) in [6.07, 6.45) is -4.77. The van der Waals surface area contributed by atoms with Crippen molar-refractivity contribution in [3.8, 4) is 0 Å². The lowest BCUT2D eigenvalue weighted by molar-refractivity contribution is -0.296. The lowest BCUT2D eigenvalue weighted by Crippen LogP contribution is -2.59. The number of ether oxygens (including phenoxy) is 8. The molecule has 6 atom stereocenters. The minimum absolute atomic E-state index is 0.0470. The van der Waals surface area contributed by atoms with Crippen LogP contribution in [0.3, 0.4) is 0 Å². The summed E-state index contributed by atoms with van der Waals surface area (Å²) in [6, 6.07) is 27.0. The minimum atomic E-state index is -1.86. The molecule has 0 aromatic heterocycles. The van der Waals surface area contributed by atoms with Crippen LogP contribution in [0.5, 0.6) is 0 Å². The van der Waals surface area contributed by atoms with E-state index in [1.165, 1.54) is 0 Å². The highest BCUT2D eigenvalue weighted by atomic mass is 35.6. The molecule has 0 bridgehead atoms. The average Bonchev–Trinajstić information content (AvgIpc) is 3.43. The fraction of sp³-hybridized carbons (Fsp3) is 0.444. The first kappa shape index (κ1) is 38.3. The van der Waals surface area contributed by atoms with Gasteiger partial charge >= 0.3 is 12.1 Å². The minimum Gasteiger partial charge on any atom is -0.459 e. The quantitative estimate of drug-likeness (QED) is 0.141. The van der Waals surface area contributed by atoms with Gasteiger partial charge in [0, 0.05) is 0 Å². The second-order valence-corrected chi connectivity index (χ2v) is 14.7. The Morgan fingerprint density at radius 3 is 1.94 bits per heavy atom. The zero-order chi connectivity index (χ0) is 35.6. The number of benzene rings is 3. The Kier molecular flexibility index (Phi) is 13.8. The summed E-state index contributed by atoms with van der Waals surface area (Å²) in [5.41, 5.74) is 2.65. The van der Waals surface area contributed by atoms with E-state index < -0.39 is 71.6 Å². The summed E-state index contributed by atoms with van der Waals surface area (Å²) in [7, 11) is 0. The molecule has 2 fully saturated rings. The maximum Gasteiger partial charge on any atom is 0.408 e. The molecule has 3 aromatic rings. The highest BCUT2D eigenvalue weighted by molar-refractivity contribution is 6.67. The van der Waals surface area contributed by atoms with Crippen LogP contribution in [-0.2, 0) is 62.5 Å². The fourth-order valence-electron chi connectivity index (χ4n) is 5.44. The van der Waals surface area contributed by atoms with Crippen molar-refractivity contribution in [3.63, 3.8) is 0 Å². The van der Waals surface area contributed by atoms with Crippen molar-refractivity contribution in [2.24, 2.45) is 0 Å². The van der Waals surface area contributed by atoms with Gasteiger partial charge in [-0.3, -0.25) is 0 Å². The van der Waals surface area contributed by atoms with E-state index in [9.17, 15) is 9.59 Å². The van der Waals surface area contributed by atoms with Crippen LogP contribution in [0.1, 0.15) is 30.5 Å². The molecule has 2 aliphatic rings. The van der Waals surface area contributed by atoms with E-state index in [0.717, 1.165) is 16.7 Å². The molecule has 14 heteroatoms. The lowest BCUT2D eigenvalue weighted by Gasteiger charge is -2.42. The highest BCUT2D eigenvalue weighted by Gasteiger charge is 2.56. The van der Waals surface area contributed by atoms with E-state index in [2.05, 4.69) is 5.32 Å². The van der Waals surface area contributed by atoms with Gasteiger partial charge in [0.1, 0.15) is 37.6 Å². The van der Waals surface area contributed by atoms with Crippen molar-refractivity contribution in [2.45, 2.75) is 80.0 Å². The predicted octanol–water partition coefficient (Wildman–Crippen LogP) is 6.26. The second-order valence-electron chi connectivity index (χ2n) is 12.2. The number of alkyl carbamates (subject to hydrolysis) is 1. The van der Waals surface area contributed by atoms with Crippen LogP contribution in [0.15, 0.2) is 91.0 Å². The Labute approximate surface area is 306 Å². The number of fused-ring (bicyclic) bond motifs is 1. The molecule has 0 spiro atoms. The maximum absolute atomic E-state index is 13.3. The van der Waals surface area contributed by atoms with Crippen LogP contribution < -0.4 is 5.32 Å². The van der Waals surface area contributed by atoms with Gasteiger partial charge < -0.3 is 43.2 Å². The van der Waals surface area contributed by atoms with Gasteiger partial charge in [0.15, 0.2) is 18.1 Å². The standard InChI is InChI=1S/C36H40Cl3NO10/c1-35(2)49-29-28(22-43-18-24-12-6-3-7-13-24)48-33(31(30(29)50-35)44-19-25-14-8-4-9-15-25)46-21-27(40-34(42)47-23-36(37,38)39)32(41)45-20-26-16-10-5-11-17-26/h3-17,27-31,33H,18-23H2,1-2H3,(H,40,42)/t27-,28+,29-,30-,31+,33+/m0/s1. The maximum atomic E-state index is 13.3. The second kappa shape index (κ2) is 18.0. The number of hydrogen-bond acceptors (Lipinski definition) is 10. The Balaban J connectivity index is 1.33. The molecule has 1 amide bonds. The molecule has 270 valence electrons. The molecule has 2 saturated heterocycles. The predicted molar refractivity (Wildman–Crippen MR) is 184 cm³/mol. The smallest absolute Gasteiger partial charge is 0.408 e. The molecule has 0 radical (unpaired) electrons. The normalized spacial score (nSPS) is 23.4. The van der Waals surface area contributed by atoms with Crippen molar-refractivity contribution < 1.29 is 47.5 Å². The van der Waals surface area contributed by atoms with E-state index in [4.69, 9.17) is 72.7 Å². The number of alkyl halides is 3. The first-order valence-corrected chi connectivity index (χ1v) is 17.2. The fourth-order valence-corrected chi connectivity index (χ4v) is 5.60. The average molecular weight is 753 g/mol. The molecular formula is C36H40Cl3NO10. The van der Waals surface area contributed by atoms with E-state index in [1.807, 2.05) is 92.7 Å². The van der Waals surface area contributed by atoms with Gasteiger partial charge in [-0.1, -0.05) is 126 Å². The van der Waals surface area contributed by atoms with Crippen molar-refractivity contribution in [1.82, 2.24) is 5.32 Å². The lowest BCUT2D eigenvalue weighted by atomic mass is 9.99. The Hall–Kier alpha value is -2.97. The molecule has 0 unspecified atom stereocenters. The van der Waals surface area contributed by atoms with Gasteiger partial charge in [-0.25, -0.2) is 9.59 Å². The number of carbonyl (C=O) groups is 2. The van der Waals surface area contributed by atoms with E-state index in [0.29, 0.717) is 6.61 Å². The number of rotatable bonds is 15. The third-order valence-electron chi connectivity index (χ3n) is 7.70. The van der Waals surface area contributed by atoms with Crippen LogP contribution in [-0.4, -0.2) is 78.2 Å². The molecule has 5 rings (SSSR count). The molecule has 2 aliphatic heterocycles.